The molecule has 10 heteroatoms. The number of nitrogens with one attached hydrogen (secondary N) is 2. The van der Waals surface area contributed by atoms with Crippen molar-refractivity contribution in [2.75, 3.05) is 6.54 Å². The zero-order valence-corrected chi connectivity index (χ0v) is 17.1. The number of halogens is 1. The molecule has 152 valence electrons. The van der Waals surface area contributed by atoms with E-state index in [1.807, 2.05) is 13.8 Å². The Kier molecular flexibility index (Phi) is 12.1. The fourth-order valence-electron chi connectivity index (χ4n) is 2.32. The highest BCUT2D eigenvalue weighted by Gasteiger charge is 2.24. The summed E-state index contributed by atoms with van der Waals surface area (Å²) in [4.78, 5) is 40.4. The van der Waals surface area contributed by atoms with Crippen LogP contribution in [0, 0.1) is 5.92 Å². The maximum absolute atomic E-state index is 12.5. The van der Waals surface area contributed by atoms with Crippen LogP contribution in [0.4, 0.5) is 0 Å². The first kappa shape index (κ1) is 24.9. The molecule has 0 unspecified atom stereocenters. The summed E-state index contributed by atoms with van der Waals surface area (Å²) in [6.07, 6.45) is 2.13. The van der Waals surface area contributed by atoms with Crippen LogP contribution >= 0.6 is 23.7 Å². The lowest BCUT2D eigenvalue weighted by atomic mass is 10.0. The Labute approximate surface area is 169 Å². The number of hydrogen-bond donors (Lipinski definition) is 4. The summed E-state index contributed by atoms with van der Waals surface area (Å²) in [7, 11) is 0. The first-order valence-electron chi connectivity index (χ1n) is 8.49. The average Bonchev–Trinajstić information content (AvgIpc) is 3.10. The van der Waals surface area contributed by atoms with Crippen molar-refractivity contribution in [3.8, 4) is 0 Å². The molecule has 0 radical (unpaired) electrons. The second-order valence-corrected chi connectivity index (χ2v) is 7.28. The van der Waals surface area contributed by atoms with Crippen molar-refractivity contribution in [3.63, 3.8) is 0 Å². The zero-order chi connectivity index (χ0) is 19.5. The SMILES string of the molecule is CC(C)C[C@H](NC(=O)c1cccs1)C(=O)N[C@H](C=O)CCCN=C(N)N.Cl. The van der Waals surface area contributed by atoms with E-state index in [2.05, 4.69) is 15.6 Å². The van der Waals surface area contributed by atoms with Crippen LogP contribution in [0.2, 0.25) is 0 Å². The third-order valence-electron chi connectivity index (χ3n) is 3.53. The number of aldehydes is 1. The molecule has 1 aromatic rings. The van der Waals surface area contributed by atoms with Crippen molar-refractivity contribution in [2.24, 2.45) is 22.4 Å². The molecular weight excluding hydrogens is 390 g/mol. The minimum Gasteiger partial charge on any atom is -0.370 e. The van der Waals surface area contributed by atoms with Gasteiger partial charge >= 0.3 is 0 Å². The lowest BCUT2D eigenvalue weighted by Crippen LogP contribution is -2.50. The molecule has 0 aliphatic heterocycles. The number of carbonyl (C=O) groups excluding carboxylic acids is 3. The molecule has 0 aromatic carbocycles. The lowest BCUT2D eigenvalue weighted by Gasteiger charge is -2.22. The third kappa shape index (κ3) is 9.95. The predicted octanol–water partition coefficient (Wildman–Crippen LogP) is 1.05. The zero-order valence-electron chi connectivity index (χ0n) is 15.5. The standard InChI is InChI=1S/C17H27N5O3S.ClH/c1-11(2)9-13(22-16(25)14-6-4-8-26-14)15(24)21-12(10-23)5-3-7-20-17(18)19;/h4,6,8,10-13H,3,5,7,9H2,1-2H3,(H,21,24)(H,22,25)(H4,18,19,20);1H/t12-,13-;/m0./s1. The summed E-state index contributed by atoms with van der Waals surface area (Å²) in [5.74, 6) is -0.477. The van der Waals surface area contributed by atoms with Gasteiger partial charge in [0.25, 0.3) is 5.91 Å². The number of thiophene rings is 1. The van der Waals surface area contributed by atoms with Crippen LogP contribution in [0.3, 0.4) is 0 Å². The number of hydrogen-bond acceptors (Lipinski definition) is 5. The Balaban J connectivity index is 0.00000676. The van der Waals surface area contributed by atoms with E-state index in [9.17, 15) is 14.4 Å². The molecular formula is C17H28ClN5O3S. The van der Waals surface area contributed by atoms with Gasteiger partial charge in [-0.2, -0.15) is 0 Å². The molecule has 6 N–H and O–H groups in total. The molecule has 1 heterocycles. The maximum atomic E-state index is 12.5. The van der Waals surface area contributed by atoms with E-state index in [0.29, 0.717) is 37.0 Å². The van der Waals surface area contributed by atoms with Gasteiger partial charge in [-0.3, -0.25) is 14.6 Å². The Bertz CT molecular complexity index is 618. The second kappa shape index (κ2) is 13.1. The fraction of sp³-hybridized carbons (Fsp3) is 0.529. The summed E-state index contributed by atoms with van der Waals surface area (Å²) >= 11 is 1.31. The van der Waals surface area contributed by atoms with Crippen LogP contribution in [-0.4, -0.2) is 42.7 Å². The molecule has 27 heavy (non-hydrogen) atoms. The number of nitrogens with zero attached hydrogens (tertiary/aromatic N) is 1. The average molecular weight is 418 g/mol. The molecule has 0 saturated heterocycles. The molecule has 0 aliphatic carbocycles. The molecule has 0 aliphatic rings. The van der Waals surface area contributed by atoms with Crippen LogP contribution in [-0.2, 0) is 9.59 Å². The van der Waals surface area contributed by atoms with Crippen LogP contribution in [0.25, 0.3) is 0 Å². The number of carbonyl (C=O) groups is 3. The molecule has 1 rings (SSSR count). The van der Waals surface area contributed by atoms with Gasteiger partial charge in [-0.05, 0) is 36.6 Å². The van der Waals surface area contributed by atoms with Gasteiger partial charge in [0.1, 0.15) is 12.3 Å². The highest BCUT2D eigenvalue weighted by Crippen LogP contribution is 2.11. The molecule has 0 spiro atoms. The van der Waals surface area contributed by atoms with Crippen molar-refractivity contribution < 1.29 is 14.4 Å². The minimum absolute atomic E-state index is 0. The highest BCUT2D eigenvalue weighted by atomic mass is 35.5. The highest BCUT2D eigenvalue weighted by molar-refractivity contribution is 7.12. The number of aliphatic imine (C=N–C) groups is 1. The van der Waals surface area contributed by atoms with E-state index in [-0.39, 0.29) is 36.1 Å². The maximum Gasteiger partial charge on any atom is 0.261 e. The number of rotatable bonds is 11. The second-order valence-electron chi connectivity index (χ2n) is 6.33. The van der Waals surface area contributed by atoms with Crippen LogP contribution in [0.5, 0.6) is 0 Å². The molecule has 2 atom stereocenters. The molecule has 1 aromatic heterocycles. The smallest absolute Gasteiger partial charge is 0.261 e. The number of amides is 2. The third-order valence-corrected chi connectivity index (χ3v) is 4.40. The van der Waals surface area contributed by atoms with E-state index < -0.39 is 12.1 Å². The number of guanidine groups is 1. The van der Waals surface area contributed by atoms with Gasteiger partial charge in [0.05, 0.1) is 10.9 Å². The Morgan fingerprint density at radius 3 is 2.52 bits per heavy atom. The molecule has 0 bridgehead atoms. The largest absolute Gasteiger partial charge is 0.370 e. The lowest BCUT2D eigenvalue weighted by molar-refractivity contribution is -0.126. The van der Waals surface area contributed by atoms with Crippen molar-refractivity contribution in [2.45, 2.75) is 45.2 Å². The minimum atomic E-state index is -0.704. The van der Waals surface area contributed by atoms with Crippen molar-refractivity contribution >= 4 is 47.8 Å². The summed E-state index contributed by atoms with van der Waals surface area (Å²) < 4.78 is 0. The quantitative estimate of drug-likeness (QED) is 0.184. The molecule has 0 saturated carbocycles. The predicted molar refractivity (Wildman–Crippen MR) is 110 cm³/mol. The molecule has 0 fully saturated rings. The van der Waals surface area contributed by atoms with E-state index in [1.165, 1.54) is 11.3 Å². The first-order valence-corrected chi connectivity index (χ1v) is 9.36. The fourth-order valence-corrected chi connectivity index (χ4v) is 2.94. The first-order chi connectivity index (χ1) is 12.3. The summed E-state index contributed by atoms with van der Waals surface area (Å²) in [5, 5.41) is 7.23. The van der Waals surface area contributed by atoms with Gasteiger partial charge in [-0.15, -0.1) is 23.7 Å². The molecule has 8 nitrogen and oxygen atoms in total. The van der Waals surface area contributed by atoms with Crippen LogP contribution in [0.1, 0.15) is 42.8 Å². The van der Waals surface area contributed by atoms with Crippen molar-refractivity contribution in [3.05, 3.63) is 22.4 Å². The van der Waals surface area contributed by atoms with Crippen LogP contribution in [0.15, 0.2) is 22.5 Å². The Morgan fingerprint density at radius 1 is 1.30 bits per heavy atom. The van der Waals surface area contributed by atoms with Gasteiger partial charge < -0.3 is 26.9 Å². The topological polar surface area (TPSA) is 140 Å². The van der Waals surface area contributed by atoms with Crippen LogP contribution < -0.4 is 22.1 Å². The van der Waals surface area contributed by atoms with E-state index in [0.717, 1.165) is 0 Å². The van der Waals surface area contributed by atoms with Crippen molar-refractivity contribution in [1.82, 2.24) is 10.6 Å². The van der Waals surface area contributed by atoms with Gasteiger partial charge in [0.2, 0.25) is 5.91 Å². The van der Waals surface area contributed by atoms with Gasteiger partial charge in [-0.25, -0.2) is 0 Å². The molecule has 2 amide bonds. The Hall–Kier alpha value is -2.13. The van der Waals surface area contributed by atoms with E-state index in [1.54, 1.807) is 17.5 Å². The van der Waals surface area contributed by atoms with Gasteiger partial charge in [0, 0.05) is 6.54 Å². The normalized spacial score (nSPS) is 12.4. The van der Waals surface area contributed by atoms with Gasteiger partial charge in [-0.1, -0.05) is 19.9 Å². The van der Waals surface area contributed by atoms with E-state index >= 15 is 0 Å². The van der Waals surface area contributed by atoms with Crippen molar-refractivity contribution in [1.29, 1.82) is 0 Å². The monoisotopic (exact) mass is 417 g/mol. The summed E-state index contributed by atoms with van der Waals surface area (Å²) in [6.45, 7) is 4.31. The summed E-state index contributed by atoms with van der Waals surface area (Å²) in [6, 6.07) is 2.12. The summed E-state index contributed by atoms with van der Waals surface area (Å²) in [5.41, 5.74) is 10.5. The number of nitrogens with two attached hydrogens (primary N) is 2. The van der Waals surface area contributed by atoms with Gasteiger partial charge in [0.15, 0.2) is 5.96 Å². The van der Waals surface area contributed by atoms with E-state index in [4.69, 9.17) is 11.5 Å². The Morgan fingerprint density at radius 2 is 2.00 bits per heavy atom.